The highest BCUT2D eigenvalue weighted by Gasteiger charge is 2.53. The Morgan fingerprint density at radius 1 is 1.09 bits per heavy atom. The molecule has 0 radical (unpaired) electrons. The van der Waals surface area contributed by atoms with E-state index >= 15 is 0 Å². The smallest absolute Gasteiger partial charge is 0.310 e. The number of fused-ring (bicyclic) bond motifs is 2. The molecule has 0 spiro atoms. The van der Waals surface area contributed by atoms with E-state index in [4.69, 9.17) is 4.74 Å². The van der Waals surface area contributed by atoms with Crippen molar-refractivity contribution in [3.63, 3.8) is 0 Å². The van der Waals surface area contributed by atoms with Crippen LogP contribution in [0.25, 0.3) is 0 Å². The minimum Gasteiger partial charge on any atom is -0.481 e. The molecule has 2 bridgehead atoms. The Morgan fingerprint density at radius 3 is 2.17 bits per heavy atom. The van der Waals surface area contributed by atoms with Crippen LogP contribution >= 0.6 is 0 Å². The average molecular weight is 315 g/mol. The molecule has 1 aromatic carbocycles. The van der Waals surface area contributed by atoms with Gasteiger partial charge < -0.3 is 15.2 Å². The van der Waals surface area contributed by atoms with Crippen molar-refractivity contribution in [1.82, 2.24) is 0 Å². The molecular weight excluding hydrogens is 294 g/mol. The molecule has 1 aromatic rings. The van der Waals surface area contributed by atoms with E-state index in [1.54, 1.807) is 12.2 Å². The van der Waals surface area contributed by atoms with Gasteiger partial charge in [-0.2, -0.15) is 0 Å². The van der Waals surface area contributed by atoms with Crippen LogP contribution in [0, 0.1) is 11.8 Å². The largest absolute Gasteiger partial charge is 0.481 e. The zero-order valence-electron chi connectivity index (χ0n) is 13.3. The first kappa shape index (κ1) is 15.7. The molecule has 0 aromatic heterocycles. The summed E-state index contributed by atoms with van der Waals surface area (Å²) in [5.41, 5.74) is 2.94. The van der Waals surface area contributed by atoms with Crippen molar-refractivity contribution in [3.8, 4) is 0 Å². The van der Waals surface area contributed by atoms with E-state index in [0.717, 1.165) is 29.7 Å². The van der Waals surface area contributed by atoms with Crippen LogP contribution in [-0.2, 0) is 27.2 Å². The minimum absolute atomic E-state index is 0.273. The second kappa shape index (κ2) is 6.16. The van der Waals surface area contributed by atoms with Gasteiger partial charge in [-0.05, 0) is 24.0 Å². The molecule has 2 N–H and O–H groups in total. The lowest BCUT2D eigenvalue weighted by molar-refractivity contribution is -0.145. The predicted molar refractivity (Wildman–Crippen MR) is 86.2 cm³/mol. The number of carboxylic acid groups (broad SMARTS) is 1. The quantitative estimate of drug-likeness (QED) is 0.818. The van der Waals surface area contributed by atoms with Crippen LogP contribution in [0.5, 0.6) is 0 Å². The number of carbonyl (C=O) groups is 2. The van der Waals surface area contributed by atoms with Gasteiger partial charge >= 0.3 is 5.97 Å². The topological polar surface area (TPSA) is 75.6 Å². The number of aliphatic carboxylic acids is 1. The number of nitrogens with one attached hydrogen (secondary N) is 1. The highest BCUT2D eigenvalue weighted by Crippen LogP contribution is 2.40. The molecule has 2 heterocycles. The first-order valence-electron chi connectivity index (χ1n) is 8.05. The second-order valence-corrected chi connectivity index (χ2v) is 5.99. The third-order valence-corrected chi connectivity index (χ3v) is 4.73. The summed E-state index contributed by atoms with van der Waals surface area (Å²) < 4.78 is 5.58. The lowest BCUT2D eigenvalue weighted by Crippen LogP contribution is -2.39. The second-order valence-electron chi connectivity index (χ2n) is 5.99. The molecule has 0 unspecified atom stereocenters. The molecule has 5 heteroatoms. The first-order valence-corrected chi connectivity index (χ1v) is 8.05. The highest BCUT2D eigenvalue weighted by molar-refractivity contribution is 5.97. The molecular formula is C18H21NO4. The number of rotatable bonds is 5. The third-order valence-electron chi connectivity index (χ3n) is 4.73. The van der Waals surface area contributed by atoms with Crippen LogP contribution < -0.4 is 5.32 Å². The van der Waals surface area contributed by atoms with Crippen molar-refractivity contribution in [3.05, 3.63) is 41.5 Å². The number of carbonyl (C=O) groups excluding carboxylic acids is 1. The molecule has 4 atom stereocenters. The molecule has 3 rings (SSSR count). The molecule has 1 saturated heterocycles. The number of benzene rings is 1. The van der Waals surface area contributed by atoms with Crippen molar-refractivity contribution in [2.45, 2.75) is 38.9 Å². The fraction of sp³-hybridized carbons (Fsp3) is 0.444. The molecule has 2 aliphatic heterocycles. The van der Waals surface area contributed by atoms with Gasteiger partial charge in [0.15, 0.2) is 0 Å². The van der Waals surface area contributed by atoms with Gasteiger partial charge in [0.05, 0.1) is 18.1 Å². The van der Waals surface area contributed by atoms with Gasteiger partial charge in [0, 0.05) is 5.69 Å². The number of para-hydroxylation sites is 1. The summed E-state index contributed by atoms with van der Waals surface area (Å²) in [5.74, 6) is -2.76. The van der Waals surface area contributed by atoms with E-state index in [-0.39, 0.29) is 5.91 Å². The maximum atomic E-state index is 12.8. The SMILES string of the molecule is CCc1cccc(CC)c1NC(=O)[C@@H]1[C@@H](C(=O)O)[C@@H]2C=C[C@@H]1O2. The van der Waals surface area contributed by atoms with Crippen molar-refractivity contribution in [2.24, 2.45) is 11.8 Å². The van der Waals surface area contributed by atoms with Gasteiger partial charge in [-0.1, -0.05) is 44.2 Å². The monoisotopic (exact) mass is 315 g/mol. The Bertz CT molecular complexity index is 645. The van der Waals surface area contributed by atoms with Crippen LogP contribution in [0.3, 0.4) is 0 Å². The van der Waals surface area contributed by atoms with Crippen molar-refractivity contribution in [1.29, 1.82) is 0 Å². The summed E-state index contributed by atoms with van der Waals surface area (Å²) in [6.45, 7) is 4.07. The lowest BCUT2D eigenvalue weighted by Gasteiger charge is -2.22. The number of hydrogen-bond donors (Lipinski definition) is 2. The average Bonchev–Trinajstić information content (AvgIpc) is 3.15. The molecule has 2 aliphatic rings. The maximum Gasteiger partial charge on any atom is 0.310 e. The van der Waals surface area contributed by atoms with Crippen LogP contribution in [-0.4, -0.2) is 29.2 Å². The highest BCUT2D eigenvalue weighted by atomic mass is 16.5. The van der Waals surface area contributed by atoms with E-state index in [2.05, 4.69) is 5.32 Å². The number of carboxylic acids is 1. The van der Waals surface area contributed by atoms with E-state index in [1.165, 1.54) is 0 Å². The number of anilines is 1. The Labute approximate surface area is 135 Å². The zero-order valence-corrected chi connectivity index (χ0v) is 13.3. The van der Waals surface area contributed by atoms with Crippen molar-refractivity contribution < 1.29 is 19.4 Å². The maximum absolute atomic E-state index is 12.8. The summed E-state index contributed by atoms with van der Waals surface area (Å²) in [7, 11) is 0. The van der Waals surface area contributed by atoms with Gasteiger partial charge in [0.1, 0.15) is 5.92 Å². The van der Waals surface area contributed by atoms with Crippen LogP contribution in [0.4, 0.5) is 5.69 Å². The summed E-state index contributed by atoms with van der Waals surface area (Å²) >= 11 is 0. The van der Waals surface area contributed by atoms with E-state index in [9.17, 15) is 14.7 Å². The molecule has 0 saturated carbocycles. The number of amides is 1. The van der Waals surface area contributed by atoms with Gasteiger partial charge in [-0.3, -0.25) is 9.59 Å². The molecule has 1 fully saturated rings. The van der Waals surface area contributed by atoms with Gasteiger partial charge in [-0.15, -0.1) is 0 Å². The number of ether oxygens (including phenoxy) is 1. The van der Waals surface area contributed by atoms with E-state index in [1.807, 2.05) is 32.0 Å². The Balaban J connectivity index is 1.88. The van der Waals surface area contributed by atoms with Gasteiger partial charge in [0.25, 0.3) is 0 Å². The molecule has 122 valence electrons. The van der Waals surface area contributed by atoms with E-state index < -0.39 is 30.0 Å². The molecule has 0 aliphatic carbocycles. The van der Waals surface area contributed by atoms with Crippen LogP contribution in [0.2, 0.25) is 0 Å². The van der Waals surface area contributed by atoms with Crippen molar-refractivity contribution >= 4 is 17.6 Å². The first-order chi connectivity index (χ1) is 11.1. The third kappa shape index (κ3) is 2.65. The number of aryl methyl sites for hydroxylation is 2. The fourth-order valence-corrected chi connectivity index (χ4v) is 3.52. The Kier molecular flexibility index (Phi) is 4.22. The zero-order chi connectivity index (χ0) is 16.6. The normalized spacial score (nSPS) is 28.1. The summed E-state index contributed by atoms with van der Waals surface area (Å²) in [4.78, 5) is 24.3. The predicted octanol–water partition coefficient (Wildman–Crippen LogP) is 2.40. The fourth-order valence-electron chi connectivity index (χ4n) is 3.52. The molecule has 1 amide bonds. The summed E-state index contributed by atoms with van der Waals surface area (Å²) in [5, 5.41) is 12.4. The number of hydrogen-bond acceptors (Lipinski definition) is 3. The lowest BCUT2D eigenvalue weighted by atomic mass is 9.82. The summed E-state index contributed by atoms with van der Waals surface area (Å²) in [6, 6.07) is 5.96. The molecule has 23 heavy (non-hydrogen) atoms. The Hall–Kier alpha value is -2.14. The summed E-state index contributed by atoms with van der Waals surface area (Å²) in [6.07, 6.45) is 4.20. The minimum atomic E-state index is -0.985. The van der Waals surface area contributed by atoms with Gasteiger partial charge in [0.2, 0.25) is 5.91 Å². The standard InChI is InChI=1S/C18H21NO4/c1-3-10-6-5-7-11(4-2)16(10)19-17(20)14-12-8-9-13(23-12)15(14)18(21)22/h5-9,12-15H,3-4H2,1-2H3,(H,19,20)(H,21,22)/t12-,13-,14-,15-/m0/s1. The Morgan fingerprint density at radius 2 is 1.65 bits per heavy atom. The van der Waals surface area contributed by atoms with Crippen LogP contribution in [0.1, 0.15) is 25.0 Å². The molecule has 5 nitrogen and oxygen atoms in total. The van der Waals surface area contributed by atoms with E-state index in [0.29, 0.717) is 0 Å². The van der Waals surface area contributed by atoms with Crippen LogP contribution in [0.15, 0.2) is 30.4 Å². The van der Waals surface area contributed by atoms with Crippen molar-refractivity contribution in [2.75, 3.05) is 5.32 Å². The van der Waals surface area contributed by atoms with Gasteiger partial charge in [-0.25, -0.2) is 0 Å².